The van der Waals surface area contributed by atoms with E-state index in [0.29, 0.717) is 11.3 Å². The summed E-state index contributed by atoms with van der Waals surface area (Å²) in [6.45, 7) is 0. The van der Waals surface area contributed by atoms with Gasteiger partial charge in [0.1, 0.15) is 11.6 Å². The second kappa shape index (κ2) is 13.4. The smallest absolute Gasteiger partial charge is 0.283 e. The van der Waals surface area contributed by atoms with Crippen molar-refractivity contribution in [1.82, 2.24) is 0 Å². The zero-order valence-electron chi connectivity index (χ0n) is 23.2. The molecule has 1 aliphatic rings. The van der Waals surface area contributed by atoms with Crippen molar-refractivity contribution in [3.05, 3.63) is 97.0 Å². The van der Waals surface area contributed by atoms with Crippen molar-refractivity contribution >= 4 is 40.4 Å². The molecular formula is C30H30ClN3O8. The van der Waals surface area contributed by atoms with Gasteiger partial charge in [0.25, 0.3) is 17.3 Å². The minimum atomic E-state index is -1.26. The van der Waals surface area contributed by atoms with E-state index < -0.39 is 27.5 Å². The van der Waals surface area contributed by atoms with E-state index in [-0.39, 0.29) is 45.8 Å². The molecule has 4 rings (SSSR count). The summed E-state index contributed by atoms with van der Waals surface area (Å²) >= 11 is 6.02. The van der Waals surface area contributed by atoms with Gasteiger partial charge < -0.3 is 9.47 Å². The van der Waals surface area contributed by atoms with Crippen LogP contribution in [0, 0.1) is 26.1 Å². The van der Waals surface area contributed by atoms with Crippen LogP contribution >= 0.6 is 11.6 Å². The highest BCUT2D eigenvalue weighted by molar-refractivity contribution is 6.31. The van der Waals surface area contributed by atoms with Crippen LogP contribution in [0.2, 0.25) is 5.02 Å². The van der Waals surface area contributed by atoms with Crippen LogP contribution < -0.4 is 14.4 Å². The summed E-state index contributed by atoms with van der Waals surface area (Å²) in [5, 5.41) is 23.4. The van der Waals surface area contributed by atoms with E-state index in [0.717, 1.165) is 38.2 Å². The molecule has 0 aliphatic heterocycles. The predicted molar refractivity (Wildman–Crippen MR) is 156 cm³/mol. The molecule has 220 valence electrons. The number of hydrogen-bond donors (Lipinski definition) is 0. The van der Waals surface area contributed by atoms with Crippen LogP contribution in [0.25, 0.3) is 0 Å². The normalized spacial score (nSPS) is 14.1. The van der Waals surface area contributed by atoms with Gasteiger partial charge in [-0.15, -0.1) is 0 Å². The molecule has 11 nitrogen and oxygen atoms in total. The van der Waals surface area contributed by atoms with E-state index >= 15 is 0 Å². The van der Waals surface area contributed by atoms with Gasteiger partial charge >= 0.3 is 0 Å². The van der Waals surface area contributed by atoms with E-state index in [1.807, 2.05) is 0 Å². The first-order chi connectivity index (χ1) is 20.1. The molecular weight excluding hydrogens is 566 g/mol. The van der Waals surface area contributed by atoms with Crippen molar-refractivity contribution in [3.8, 4) is 11.5 Å². The number of carbonyl (C=O) groups excluding carboxylic acids is 2. The summed E-state index contributed by atoms with van der Waals surface area (Å²) in [4.78, 5) is 51.8. The Morgan fingerprint density at radius 2 is 1.57 bits per heavy atom. The summed E-state index contributed by atoms with van der Waals surface area (Å²) in [5.41, 5.74) is -0.463. The Kier molecular flexibility index (Phi) is 9.74. The molecule has 42 heavy (non-hydrogen) atoms. The Morgan fingerprint density at radius 1 is 0.905 bits per heavy atom. The Bertz CT molecular complexity index is 1490. The molecule has 0 aromatic heterocycles. The molecule has 1 atom stereocenters. The summed E-state index contributed by atoms with van der Waals surface area (Å²) in [5.74, 6) is -0.382. The highest BCUT2D eigenvalue weighted by Gasteiger charge is 2.37. The standard InChI is InChI=1S/C30H30ClN3O8/c1-41-27-15-13-23(18-28(27)42-2)32(30(36)24-14-10-21(31)17-25(24)34(39)40)29(20-8-11-22(12-9-20)33(37)38)26(35)16-19-6-4-3-5-7-19/h8-15,17-19,29H,3-7,16H2,1-2H3. The van der Waals surface area contributed by atoms with Gasteiger partial charge in [-0.3, -0.25) is 34.7 Å². The molecule has 1 unspecified atom stereocenters. The van der Waals surface area contributed by atoms with Gasteiger partial charge in [0.05, 0.1) is 24.1 Å². The number of halogens is 1. The topological polar surface area (TPSA) is 142 Å². The molecule has 0 N–H and O–H groups in total. The van der Waals surface area contributed by atoms with Gasteiger partial charge in [-0.2, -0.15) is 0 Å². The fourth-order valence-electron chi connectivity index (χ4n) is 5.37. The van der Waals surface area contributed by atoms with E-state index in [2.05, 4.69) is 0 Å². The second-order valence-corrected chi connectivity index (χ2v) is 10.5. The van der Waals surface area contributed by atoms with E-state index in [1.54, 1.807) is 12.1 Å². The Morgan fingerprint density at radius 3 is 2.17 bits per heavy atom. The number of rotatable bonds is 11. The molecule has 0 heterocycles. The number of Topliss-reactive ketones (excluding diaryl/α,β-unsaturated/α-hetero) is 1. The van der Waals surface area contributed by atoms with Gasteiger partial charge in [0.2, 0.25) is 0 Å². The van der Waals surface area contributed by atoms with Crippen molar-refractivity contribution in [2.75, 3.05) is 19.1 Å². The third-order valence-corrected chi connectivity index (χ3v) is 7.68. The predicted octanol–water partition coefficient (Wildman–Crippen LogP) is 7.10. The van der Waals surface area contributed by atoms with Crippen molar-refractivity contribution < 1.29 is 28.9 Å². The molecule has 3 aromatic carbocycles. The number of carbonyl (C=O) groups is 2. The number of nitro benzene ring substituents is 2. The minimum Gasteiger partial charge on any atom is -0.493 e. The average molecular weight is 596 g/mol. The van der Waals surface area contributed by atoms with Gasteiger partial charge in [0, 0.05) is 41.4 Å². The molecule has 0 spiro atoms. The van der Waals surface area contributed by atoms with Crippen molar-refractivity contribution in [2.24, 2.45) is 5.92 Å². The van der Waals surface area contributed by atoms with Crippen LogP contribution in [0.15, 0.2) is 60.7 Å². The van der Waals surface area contributed by atoms with Crippen LogP contribution in [-0.4, -0.2) is 35.8 Å². The van der Waals surface area contributed by atoms with Gasteiger partial charge in [-0.25, -0.2) is 0 Å². The van der Waals surface area contributed by atoms with Crippen LogP contribution in [-0.2, 0) is 4.79 Å². The Labute approximate surface area is 247 Å². The second-order valence-electron chi connectivity index (χ2n) is 10.1. The van der Waals surface area contributed by atoms with Gasteiger partial charge in [-0.1, -0.05) is 43.7 Å². The van der Waals surface area contributed by atoms with Crippen LogP contribution in [0.4, 0.5) is 17.1 Å². The van der Waals surface area contributed by atoms with Crippen LogP contribution in [0.1, 0.15) is 60.5 Å². The number of hydrogen-bond acceptors (Lipinski definition) is 8. The molecule has 12 heteroatoms. The first-order valence-corrected chi connectivity index (χ1v) is 13.8. The summed E-state index contributed by atoms with van der Waals surface area (Å²) in [7, 11) is 2.87. The molecule has 3 aromatic rings. The highest BCUT2D eigenvalue weighted by Crippen LogP contribution is 2.39. The number of ketones is 1. The Hall–Kier alpha value is -4.51. The number of nitrogens with zero attached hydrogens (tertiary/aromatic N) is 3. The first-order valence-electron chi connectivity index (χ1n) is 13.4. The number of methoxy groups -OCH3 is 2. The van der Waals surface area contributed by atoms with Gasteiger partial charge in [-0.05, 0) is 47.9 Å². The maximum absolute atomic E-state index is 14.4. The zero-order chi connectivity index (χ0) is 30.4. The molecule has 1 amide bonds. The molecule has 0 bridgehead atoms. The zero-order valence-corrected chi connectivity index (χ0v) is 23.9. The summed E-state index contributed by atoms with van der Waals surface area (Å²) in [6.07, 6.45) is 4.98. The number of benzene rings is 3. The fraction of sp³-hybridized carbons (Fsp3) is 0.333. The molecule has 0 radical (unpaired) electrons. The van der Waals surface area contributed by atoms with Gasteiger partial charge in [0.15, 0.2) is 17.3 Å². The van der Waals surface area contributed by atoms with Crippen molar-refractivity contribution in [3.63, 3.8) is 0 Å². The Balaban J connectivity index is 1.93. The number of amides is 1. The minimum absolute atomic E-state index is 0.0659. The number of non-ortho nitro benzene ring substituents is 1. The molecule has 0 saturated heterocycles. The largest absolute Gasteiger partial charge is 0.493 e. The maximum Gasteiger partial charge on any atom is 0.283 e. The van der Waals surface area contributed by atoms with Crippen LogP contribution in [0.5, 0.6) is 11.5 Å². The number of nitro groups is 2. The first kappa shape index (κ1) is 30.4. The molecule has 1 aliphatic carbocycles. The van der Waals surface area contributed by atoms with Crippen molar-refractivity contribution in [1.29, 1.82) is 0 Å². The molecule has 1 saturated carbocycles. The van der Waals surface area contributed by atoms with E-state index in [4.69, 9.17) is 21.1 Å². The fourth-order valence-corrected chi connectivity index (χ4v) is 5.54. The van der Waals surface area contributed by atoms with E-state index in [1.165, 1.54) is 61.6 Å². The molecule has 1 fully saturated rings. The number of ether oxygens (including phenoxy) is 2. The summed E-state index contributed by atoms with van der Waals surface area (Å²) < 4.78 is 10.8. The average Bonchev–Trinajstić information content (AvgIpc) is 2.99. The number of anilines is 1. The third kappa shape index (κ3) is 6.68. The maximum atomic E-state index is 14.4. The summed E-state index contributed by atoms with van der Waals surface area (Å²) in [6, 6.07) is 12.4. The quantitative estimate of drug-likeness (QED) is 0.169. The van der Waals surface area contributed by atoms with Crippen molar-refractivity contribution in [2.45, 2.75) is 44.6 Å². The monoisotopic (exact) mass is 595 g/mol. The lowest BCUT2D eigenvalue weighted by Gasteiger charge is -2.33. The lowest BCUT2D eigenvalue weighted by molar-refractivity contribution is -0.385. The highest BCUT2D eigenvalue weighted by atomic mass is 35.5. The van der Waals surface area contributed by atoms with E-state index in [9.17, 15) is 29.8 Å². The lowest BCUT2D eigenvalue weighted by atomic mass is 9.83. The lowest BCUT2D eigenvalue weighted by Crippen LogP contribution is -2.40. The SMILES string of the molecule is COc1ccc(N(C(=O)c2ccc(Cl)cc2[N+](=O)[O-])C(C(=O)CC2CCCCC2)c2ccc([N+](=O)[O-])cc2)cc1OC. The van der Waals surface area contributed by atoms with Crippen LogP contribution in [0.3, 0.4) is 0 Å². The third-order valence-electron chi connectivity index (χ3n) is 7.45.